The number of hydrogen-bond acceptors (Lipinski definition) is 4. The molecular formula is C28H29Cl4N3O4S. The van der Waals surface area contributed by atoms with E-state index >= 15 is 0 Å². The summed E-state index contributed by atoms with van der Waals surface area (Å²) >= 11 is 24.6. The molecule has 2 amide bonds. The molecule has 0 aromatic heterocycles. The topological polar surface area (TPSA) is 86.8 Å². The van der Waals surface area contributed by atoms with Gasteiger partial charge in [0.2, 0.25) is 21.8 Å². The van der Waals surface area contributed by atoms with Crippen LogP contribution in [0.3, 0.4) is 0 Å². The van der Waals surface area contributed by atoms with Gasteiger partial charge in [-0.1, -0.05) is 88.9 Å². The van der Waals surface area contributed by atoms with Gasteiger partial charge in [0.05, 0.1) is 27.0 Å². The van der Waals surface area contributed by atoms with Gasteiger partial charge >= 0.3 is 0 Å². The van der Waals surface area contributed by atoms with E-state index in [1.807, 2.05) is 44.2 Å². The van der Waals surface area contributed by atoms with E-state index in [2.05, 4.69) is 5.32 Å². The molecule has 0 unspecified atom stereocenters. The molecule has 1 N–H and O–H groups in total. The van der Waals surface area contributed by atoms with Crippen LogP contribution in [0.4, 0.5) is 5.69 Å². The second kappa shape index (κ2) is 13.9. The number of nitrogens with zero attached hydrogens (tertiary/aromatic N) is 2. The van der Waals surface area contributed by atoms with Gasteiger partial charge in [-0.15, -0.1) is 0 Å². The molecule has 0 radical (unpaired) electrons. The number of sulfonamides is 1. The molecule has 0 aliphatic carbocycles. The van der Waals surface area contributed by atoms with Gasteiger partial charge in [0.1, 0.15) is 12.6 Å². The molecule has 0 bridgehead atoms. The lowest BCUT2D eigenvalue weighted by molar-refractivity contribution is -0.140. The van der Waals surface area contributed by atoms with E-state index in [1.54, 1.807) is 24.3 Å². The predicted molar refractivity (Wildman–Crippen MR) is 163 cm³/mol. The number of anilines is 1. The van der Waals surface area contributed by atoms with Crippen molar-refractivity contribution in [3.63, 3.8) is 0 Å². The van der Waals surface area contributed by atoms with Crippen LogP contribution in [-0.2, 0) is 32.6 Å². The molecular weight excluding hydrogens is 616 g/mol. The molecule has 40 heavy (non-hydrogen) atoms. The summed E-state index contributed by atoms with van der Waals surface area (Å²) < 4.78 is 26.7. The van der Waals surface area contributed by atoms with Crippen molar-refractivity contribution in [2.75, 3.05) is 17.1 Å². The lowest BCUT2D eigenvalue weighted by atomic mass is 10.0. The SMILES string of the molecule is CC(C)NC(=O)[C@@H](Cc1ccccc1)N(Cc1ccc(Cl)cc1)C(=O)CN(c1cc(Cl)c(Cl)cc1Cl)S(C)(=O)=O. The lowest BCUT2D eigenvalue weighted by Gasteiger charge is -2.34. The van der Waals surface area contributed by atoms with Crippen LogP contribution >= 0.6 is 46.4 Å². The van der Waals surface area contributed by atoms with Crippen LogP contribution < -0.4 is 9.62 Å². The number of nitrogens with one attached hydrogen (secondary N) is 1. The molecule has 12 heteroatoms. The van der Waals surface area contributed by atoms with Crippen molar-refractivity contribution >= 4 is 73.9 Å². The summed E-state index contributed by atoms with van der Waals surface area (Å²) in [7, 11) is -4.02. The van der Waals surface area contributed by atoms with Crippen LogP contribution in [0.1, 0.15) is 25.0 Å². The van der Waals surface area contributed by atoms with Gasteiger partial charge < -0.3 is 10.2 Å². The Morgan fingerprint density at radius 2 is 1.45 bits per heavy atom. The Kier molecular flexibility index (Phi) is 11.1. The molecule has 0 aliphatic rings. The molecule has 0 saturated heterocycles. The average molecular weight is 645 g/mol. The maximum absolute atomic E-state index is 14.0. The van der Waals surface area contributed by atoms with Crippen LogP contribution in [0.5, 0.6) is 0 Å². The minimum absolute atomic E-state index is 0.00439. The highest BCUT2D eigenvalue weighted by atomic mass is 35.5. The van der Waals surface area contributed by atoms with Gasteiger partial charge in [0.25, 0.3) is 0 Å². The molecule has 0 fully saturated rings. The molecule has 3 aromatic carbocycles. The molecule has 0 heterocycles. The van der Waals surface area contributed by atoms with Crippen molar-refractivity contribution < 1.29 is 18.0 Å². The van der Waals surface area contributed by atoms with E-state index < -0.39 is 28.5 Å². The summed E-state index contributed by atoms with van der Waals surface area (Å²) in [5.41, 5.74) is 1.52. The number of amides is 2. The zero-order valence-electron chi connectivity index (χ0n) is 22.1. The van der Waals surface area contributed by atoms with Crippen molar-refractivity contribution in [3.8, 4) is 0 Å². The highest BCUT2D eigenvalue weighted by Gasteiger charge is 2.34. The van der Waals surface area contributed by atoms with E-state index in [0.29, 0.717) is 10.6 Å². The van der Waals surface area contributed by atoms with Crippen molar-refractivity contribution in [2.24, 2.45) is 0 Å². The third-order valence-corrected chi connectivity index (χ3v) is 8.31. The van der Waals surface area contributed by atoms with Crippen molar-refractivity contribution in [1.82, 2.24) is 10.2 Å². The molecule has 214 valence electrons. The summed E-state index contributed by atoms with van der Waals surface area (Å²) in [6.07, 6.45) is 1.15. The first-order valence-corrected chi connectivity index (χ1v) is 15.6. The maximum atomic E-state index is 14.0. The highest BCUT2D eigenvalue weighted by Crippen LogP contribution is 2.35. The van der Waals surface area contributed by atoms with Gasteiger partial charge in [-0.3, -0.25) is 13.9 Å². The second-order valence-corrected chi connectivity index (χ2v) is 13.1. The van der Waals surface area contributed by atoms with Gasteiger partial charge in [0.15, 0.2) is 0 Å². The Balaban J connectivity index is 2.09. The number of rotatable bonds is 11. The van der Waals surface area contributed by atoms with Gasteiger partial charge in [-0.25, -0.2) is 8.42 Å². The normalized spacial score (nSPS) is 12.2. The molecule has 7 nitrogen and oxygen atoms in total. The predicted octanol–water partition coefficient (Wildman–Crippen LogP) is 6.23. The van der Waals surface area contributed by atoms with E-state index in [1.165, 1.54) is 17.0 Å². The first kappa shape index (κ1) is 32.0. The van der Waals surface area contributed by atoms with Gasteiger partial charge in [-0.05, 0) is 49.2 Å². The van der Waals surface area contributed by atoms with Gasteiger partial charge in [0, 0.05) is 24.0 Å². The Labute approximate surface area is 255 Å². The fraction of sp³-hybridized carbons (Fsp3) is 0.286. The minimum atomic E-state index is -4.02. The second-order valence-electron chi connectivity index (χ2n) is 9.50. The highest BCUT2D eigenvalue weighted by molar-refractivity contribution is 7.92. The Hall–Kier alpha value is -2.49. The molecule has 0 saturated carbocycles. The largest absolute Gasteiger partial charge is 0.352 e. The van der Waals surface area contributed by atoms with Crippen LogP contribution in [-0.4, -0.2) is 50.0 Å². The third kappa shape index (κ3) is 8.75. The average Bonchev–Trinajstić information content (AvgIpc) is 2.87. The zero-order valence-corrected chi connectivity index (χ0v) is 25.9. The molecule has 1 atom stereocenters. The Morgan fingerprint density at radius 1 is 0.850 bits per heavy atom. The van der Waals surface area contributed by atoms with Crippen LogP contribution in [0.2, 0.25) is 20.1 Å². The number of carbonyl (C=O) groups excluding carboxylic acids is 2. The first-order valence-electron chi connectivity index (χ1n) is 12.3. The third-order valence-electron chi connectivity index (χ3n) is 5.91. The van der Waals surface area contributed by atoms with Crippen LogP contribution in [0, 0.1) is 0 Å². The number of benzene rings is 3. The van der Waals surface area contributed by atoms with Crippen molar-refractivity contribution in [2.45, 2.75) is 38.9 Å². The van der Waals surface area contributed by atoms with E-state index in [-0.39, 0.29) is 45.7 Å². The zero-order chi connectivity index (χ0) is 29.6. The molecule has 3 rings (SSSR count). The van der Waals surface area contributed by atoms with E-state index in [0.717, 1.165) is 16.1 Å². The quantitative estimate of drug-likeness (QED) is 0.251. The summed E-state index contributed by atoms with van der Waals surface area (Å²) in [5.74, 6) is -0.998. The Morgan fingerprint density at radius 3 is 2.02 bits per heavy atom. The number of hydrogen-bond donors (Lipinski definition) is 1. The smallest absolute Gasteiger partial charge is 0.244 e. The monoisotopic (exact) mass is 643 g/mol. The fourth-order valence-electron chi connectivity index (χ4n) is 4.02. The first-order chi connectivity index (χ1) is 18.8. The maximum Gasteiger partial charge on any atom is 0.244 e. The van der Waals surface area contributed by atoms with Gasteiger partial charge in [-0.2, -0.15) is 0 Å². The summed E-state index contributed by atoms with van der Waals surface area (Å²) in [5, 5.41) is 3.60. The van der Waals surface area contributed by atoms with Crippen LogP contribution in [0.15, 0.2) is 66.7 Å². The minimum Gasteiger partial charge on any atom is -0.352 e. The van der Waals surface area contributed by atoms with Crippen LogP contribution in [0.25, 0.3) is 0 Å². The van der Waals surface area contributed by atoms with E-state index in [4.69, 9.17) is 46.4 Å². The molecule has 0 aliphatic heterocycles. The van der Waals surface area contributed by atoms with Crippen molar-refractivity contribution in [1.29, 1.82) is 0 Å². The van der Waals surface area contributed by atoms with E-state index in [9.17, 15) is 18.0 Å². The summed E-state index contributed by atoms with van der Waals surface area (Å²) in [6, 6.07) is 17.5. The Bertz CT molecular complexity index is 1450. The van der Waals surface area contributed by atoms with Crippen molar-refractivity contribution in [3.05, 3.63) is 97.9 Å². The number of carbonyl (C=O) groups is 2. The fourth-order valence-corrected chi connectivity index (χ4v) is 5.69. The standard InChI is InChI=1S/C28H29Cl4N3O4S/c1-18(2)33-28(37)26(13-19-7-5-4-6-8-19)34(16-20-9-11-21(29)12-10-20)27(36)17-35(40(3,38)39)25-15-23(31)22(30)14-24(25)32/h4-12,14-15,18,26H,13,16-17H2,1-3H3,(H,33,37)/t26-/m1/s1. The summed E-state index contributed by atoms with van der Waals surface area (Å²) in [4.78, 5) is 28.9. The number of halogens is 4. The molecule has 3 aromatic rings. The summed E-state index contributed by atoms with van der Waals surface area (Å²) in [6.45, 7) is 3.02. The molecule has 0 spiro atoms. The lowest BCUT2D eigenvalue weighted by Crippen LogP contribution is -2.54.